The molecule has 0 spiro atoms. The number of rotatable bonds is 6. The van der Waals surface area contributed by atoms with Gasteiger partial charge >= 0.3 is 0 Å². The fourth-order valence-electron chi connectivity index (χ4n) is 2.54. The van der Waals surface area contributed by atoms with Gasteiger partial charge in [0.2, 0.25) is 0 Å². The van der Waals surface area contributed by atoms with Crippen molar-refractivity contribution in [3.05, 3.63) is 74.5 Å². The number of hydrogen-bond acceptors (Lipinski definition) is 6. The molecular weight excluding hydrogens is 446 g/mol. The van der Waals surface area contributed by atoms with Crippen molar-refractivity contribution in [1.29, 1.82) is 0 Å². The van der Waals surface area contributed by atoms with Gasteiger partial charge in [-0.3, -0.25) is 14.9 Å². The third-order valence-corrected chi connectivity index (χ3v) is 5.87. The van der Waals surface area contributed by atoms with Gasteiger partial charge in [0.15, 0.2) is 6.61 Å². The number of aromatic nitrogens is 2. The molecule has 0 aliphatic rings. The molecule has 0 amide bonds. The summed E-state index contributed by atoms with van der Waals surface area (Å²) in [6.45, 7) is 3.48. The number of hydrogen-bond donors (Lipinski definition) is 0. The van der Waals surface area contributed by atoms with Crippen LogP contribution >= 0.6 is 27.7 Å². The Balaban J connectivity index is 1.74. The standard InChI is InChI=1S/C19H16BrN3O4S/c1-12-19(28-15-9-7-14(8-10-15)23(25)26)13(2)22(21-12)18(24)11-27-17-6-4-3-5-16(17)20/h3-10H,11H2,1-2H3. The molecule has 7 nitrogen and oxygen atoms in total. The summed E-state index contributed by atoms with van der Waals surface area (Å²) in [6, 6.07) is 13.6. The van der Waals surface area contributed by atoms with Gasteiger partial charge in [-0.2, -0.15) is 5.10 Å². The van der Waals surface area contributed by atoms with Gasteiger partial charge in [-0.1, -0.05) is 23.9 Å². The van der Waals surface area contributed by atoms with Crippen molar-refractivity contribution in [2.45, 2.75) is 23.6 Å². The fourth-order valence-corrected chi connectivity index (χ4v) is 3.86. The Morgan fingerprint density at radius 3 is 2.54 bits per heavy atom. The third-order valence-electron chi connectivity index (χ3n) is 3.92. The molecule has 0 saturated carbocycles. The summed E-state index contributed by atoms with van der Waals surface area (Å²) in [5.74, 6) is 0.296. The second-order valence-electron chi connectivity index (χ2n) is 5.88. The van der Waals surface area contributed by atoms with E-state index in [0.717, 1.165) is 14.3 Å². The number of carbonyl (C=O) groups is 1. The largest absolute Gasteiger partial charge is 0.483 e. The summed E-state index contributed by atoms with van der Waals surface area (Å²) in [7, 11) is 0. The van der Waals surface area contributed by atoms with Crippen LogP contribution in [0.25, 0.3) is 0 Å². The number of aryl methyl sites for hydroxylation is 1. The maximum Gasteiger partial charge on any atom is 0.285 e. The number of benzene rings is 2. The number of halogens is 1. The van der Waals surface area contributed by atoms with Crippen LogP contribution in [-0.4, -0.2) is 27.2 Å². The molecule has 0 radical (unpaired) electrons. The molecule has 1 aromatic heterocycles. The fraction of sp³-hybridized carbons (Fsp3) is 0.158. The van der Waals surface area contributed by atoms with Crippen molar-refractivity contribution >= 4 is 39.3 Å². The first-order chi connectivity index (χ1) is 13.4. The van der Waals surface area contributed by atoms with Crippen LogP contribution < -0.4 is 4.74 Å². The molecular formula is C19H16BrN3O4S. The molecule has 0 aliphatic heterocycles. The Morgan fingerprint density at radius 2 is 1.89 bits per heavy atom. The highest BCUT2D eigenvalue weighted by molar-refractivity contribution is 9.10. The van der Waals surface area contributed by atoms with E-state index >= 15 is 0 Å². The molecule has 0 bridgehead atoms. The zero-order chi connectivity index (χ0) is 20.3. The van der Waals surface area contributed by atoms with E-state index in [9.17, 15) is 14.9 Å². The zero-order valence-electron chi connectivity index (χ0n) is 15.1. The molecule has 144 valence electrons. The van der Waals surface area contributed by atoms with Crippen molar-refractivity contribution in [2.75, 3.05) is 6.61 Å². The van der Waals surface area contributed by atoms with Crippen molar-refractivity contribution < 1.29 is 14.5 Å². The Labute approximate surface area is 174 Å². The van der Waals surface area contributed by atoms with E-state index in [1.165, 1.54) is 28.6 Å². The topological polar surface area (TPSA) is 87.3 Å². The predicted octanol–water partition coefficient (Wildman–Crippen LogP) is 5.04. The van der Waals surface area contributed by atoms with Gasteiger partial charge in [0, 0.05) is 17.0 Å². The molecule has 1 heterocycles. The van der Waals surface area contributed by atoms with Gasteiger partial charge in [-0.25, -0.2) is 4.68 Å². The molecule has 9 heteroatoms. The van der Waals surface area contributed by atoms with Crippen LogP contribution in [0.5, 0.6) is 5.75 Å². The maximum atomic E-state index is 12.6. The van der Waals surface area contributed by atoms with Gasteiger partial charge in [0.1, 0.15) is 5.75 Å². The molecule has 0 unspecified atom stereocenters. The summed E-state index contributed by atoms with van der Waals surface area (Å²) in [4.78, 5) is 24.6. The highest BCUT2D eigenvalue weighted by Gasteiger charge is 2.18. The first-order valence-corrected chi connectivity index (χ1v) is 9.87. The van der Waals surface area contributed by atoms with Gasteiger partial charge in [0.05, 0.1) is 25.7 Å². The lowest BCUT2D eigenvalue weighted by molar-refractivity contribution is -0.384. The Kier molecular flexibility index (Phi) is 6.15. The highest BCUT2D eigenvalue weighted by atomic mass is 79.9. The average molecular weight is 462 g/mol. The molecule has 0 atom stereocenters. The van der Waals surface area contributed by atoms with Crippen molar-refractivity contribution in [3.8, 4) is 5.75 Å². The van der Waals surface area contributed by atoms with Gasteiger partial charge in [-0.15, -0.1) is 0 Å². The first-order valence-electron chi connectivity index (χ1n) is 8.26. The molecule has 0 fully saturated rings. The summed E-state index contributed by atoms with van der Waals surface area (Å²) >= 11 is 4.79. The smallest absolute Gasteiger partial charge is 0.285 e. The lowest BCUT2D eigenvalue weighted by atomic mass is 10.3. The maximum absolute atomic E-state index is 12.6. The van der Waals surface area contributed by atoms with Gasteiger partial charge in [-0.05, 0) is 54.0 Å². The number of nitrogens with zero attached hydrogens (tertiary/aromatic N) is 3. The number of ether oxygens (including phenoxy) is 1. The van der Waals surface area contributed by atoms with Crippen LogP contribution in [0.15, 0.2) is 62.8 Å². The van der Waals surface area contributed by atoms with E-state index in [2.05, 4.69) is 21.0 Å². The number of carbonyl (C=O) groups excluding carboxylic acids is 1. The summed E-state index contributed by atoms with van der Waals surface area (Å²) in [6.07, 6.45) is 0. The Hall–Kier alpha value is -2.65. The Morgan fingerprint density at radius 1 is 1.21 bits per heavy atom. The van der Waals surface area contributed by atoms with E-state index in [-0.39, 0.29) is 18.2 Å². The molecule has 0 aliphatic carbocycles. The van der Waals surface area contributed by atoms with Crippen molar-refractivity contribution in [3.63, 3.8) is 0 Å². The lowest BCUT2D eigenvalue weighted by Gasteiger charge is -2.08. The molecule has 3 rings (SSSR count). The van der Waals surface area contributed by atoms with Crippen LogP contribution in [0.3, 0.4) is 0 Å². The van der Waals surface area contributed by atoms with E-state index in [1.807, 2.05) is 32.0 Å². The quantitative estimate of drug-likeness (QED) is 0.377. The Bertz CT molecular complexity index is 1030. The van der Waals surface area contributed by atoms with E-state index in [0.29, 0.717) is 17.1 Å². The van der Waals surface area contributed by atoms with E-state index < -0.39 is 4.92 Å². The number of para-hydroxylation sites is 1. The minimum absolute atomic E-state index is 0.0351. The van der Waals surface area contributed by atoms with Crippen molar-refractivity contribution in [1.82, 2.24) is 9.78 Å². The summed E-state index contributed by atoms with van der Waals surface area (Å²) in [5, 5.41) is 15.1. The molecule has 3 aromatic rings. The molecule has 28 heavy (non-hydrogen) atoms. The minimum atomic E-state index is -0.438. The minimum Gasteiger partial charge on any atom is -0.483 e. The van der Waals surface area contributed by atoms with Crippen LogP contribution in [0.4, 0.5) is 5.69 Å². The van der Waals surface area contributed by atoms with Crippen LogP contribution in [0.1, 0.15) is 16.2 Å². The molecule has 0 N–H and O–H groups in total. The monoisotopic (exact) mass is 461 g/mol. The van der Waals surface area contributed by atoms with Gasteiger partial charge < -0.3 is 4.74 Å². The predicted molar refractivity (Wildman–Crippen MR) is 109 cm³/mol. The SMILES string of the molecule is Cc1nn(C(=O)COc2ccccc2Br)c(C)c1Sc1ccc([N+](=O)[O-])cc1. The van der Waals surface area contributed by atoms with Gasteiger partial charge in [0.25, 0.3) is 11.6 Å². The van der Waals surface area contributed by atoms with Crippen molar-refractivity contribution in [2.24, 2.45) is 0 Å². The van der Waals surface area contributed by atoms with Crippen LogP contribution in [0.2, 0.25) is 0 Å². The second-order valence-corrected chi connectivity index (χ2v) is 7.82. The van der Waals surface area contributed by atoms with E-state index in [1.54, 1.807) is 18.2 Å². The summed E-state index contributed by atoms with van der Waals surface area (Å²) in [5.41, 5.74) is 1.43. The first kappa shape index (κ1) is 20.1. The molecule has 2 aromatic carbocycles. The third kappa shape index (κ3) is 4.42. The highest BCUT2D eigenvalue weighted by Crippen LogP contribution is 2.33. The van der Waals surface area contributed by atoms with Crippen LogP contribution in [0, 0.1) is 24.0 Å². The van der Waals surface area contributed by atoms with E-state index in [4.69, 9.17) is 4.74 Å². The lowest BCUT2D eigenvalue weighted by Crippen LogP contribution is -2.21. The summed E-state index contributed by atoms with van der Waals surface area (Å²) < 4.78 is 7.69. The number of nitro benzene ring substituents is 1. The van der Waals surface area contributed by atoms with Crippen LogP contribution in [-0.2, 0) is 0 Å². The normalized spacial score (nSPS) is 10.7. The zero-order valence-corrected chi connectivity index (χ0v) is 17.5. The number of nitro groups is 1. The molecule has 0 saturated heterocycles. The number of non-ortho nitro benzene ring substituents is 1. The average Bonchev–Trinajstić information content (AvgIpc) is 2.96. The second kappa shape index (κ2) is 8.57.